The zero-order valence-electron chi connectivity index (χ0n) is 13.0. The summed E-state index contributed by atoms with van der Waals surface area (Å²) in [7, 11) is 0. The first-order valence-corrected chi connectivity index (χ1v) is 7.56. The van der Waals surface area contributed by atoms with Crippen molar-refractivity contribution >= 4 is 17.3 Å². The zero-order chi connectivity index (χ0) is 16.9. The molecule has 0 saturated carbocycles. The van der Waals surface area contributed by atoms with E-state index in [0.29, 0.717) is 24.5 Å². The van der Waals surface area contributed by atoms with Gasteiger partial charge in [0.1, 0.15) is 6.26 Å². The van der Waals surface area contributed by atoms with Gasteiger partial charge in [-0.25, -0.2) is 4.98 Å². The summed E-state index contributed by atoms with van der Waals surface area (Å²) in [6.07, 6.45) is 2.06. The van der Waals surface area contributed by atoms with Crippen LogP contribution in [0.5, 0.6) is 0 Å². The summed E-state index contributed by atoms with van der Waals surface area (Å²) in [5.74, 6) is 0.0929. The Kier molecular flexibility index (Phi) is 4.47. The van der Waals surface area contributed by atoms with Crippen LogP contribution < -0.4 is 16.8 Å². The van der Waals surface area contributed by atoms with E-state index in [-0.39, 0.29) is 11.6 Å². The predicted molar refractivity (Wildman–Crippen MR) is 93.2 cm³/mol. The Balaban J connectivity index is 1.58. The van der Waals surface area contributed by atoms with Gasteiger partial charge in [-0.3, -0.25) is 4.79 Å². The van der Waals surface area contributed by atoms with E-state index >= 15 is 0 Å². The zero-order valence-corrected chi connectivity index (χ0v) is 13.0. The smallest absolute Gasteiger partial charge is 0.273 e. The Morgan fingerprint density at radius 2 is 1.88 bits per heavy atom. The maximum absolute atomic E-state index is 12.1. The Morgan fingerprint density at radius 3 is 2.62 bits per heavy atom. The fourth-order valence-electron chi connectivity index (χ4n) is 2.28. The molecule has 6 heteroatoms. The highest BCUT2D eigenvalue weighted by molar-refractivity contribution is 5.92. The number of carbonyl (C=O) groups is 1. The molecule has 0 unspecified atom stereocenters. The van der Waals surface area contributed by atoms with Crippen LogP contribution in [0.3, 0.4) is 0 Å². The summed E-state index contributed by atoms with van der Waals surface area (Å²) in [6.45, 7) is 0.503. The lowest BCUT2D eigenvalue weighted by Crippen LogP contribution is -2.25. The molecule has 1 aromatic heterocycles. The van der Waals surface area contributed by atoms with E-state index in [1.807, 2.05) is 30.3 Å². The van der Waals surface area contributed by atoms with Crippen LogP contribution in [0, 0.1) is 0 Å². The van der Waals surface area contributed by atoms with Gasteiger partial charge in [0.2, 0.25) is 5.89 Å². The fraction of sp³-hybridized carbons (Fsp3) is 0.111. The summed E-state index contributed by atoms with van der Waals surface area (Å²) < 4.78 is 5.36. The standard InChI is InChI=1S/C18H18N4O2/c19-14-6-4-12(5-7-14)8-9-21-17(23)16-11-24-18(22-16)13-2-1-3-15(20)10-13/h1-7,10-11H,8-9,19-20H2,(H,21,23). The molecule has 0 radical (unpaired) electrons. The molecule has 0 aliphatic heterocycles. The number of nitrogens with zero attached hydrogens (tertiary/aromatic N) is 1. The lowest BCUT2D eigenvalue weighted by molar-refractivity contribution is 0.0949. The molecule has 0 spiro atoms. The minimum absolute atomic E-state index is 0.240. The molecule has 0 atom stereocenters. The quantitative estimate of drug-likeness (QED) is 0.626. The van der Waals surface area contributed by atoms with E-state index in [9.17, 15) is 4.79 Å². The number of hydrogen-bond acceptors (Lipinski definition) is 5. The van der Waals surface area contributed by atoms with Gasteiger partial charge < -0.3 is 21.2 Å². The second-order valence-electron chi connectivity index (χ2n) is 5.41. The van der Waals surface area contributed by atoms with Crippen molar-refractivity contribution in [1.82, 2.24) is 10.3 Å². The van der Waals surface area contributed by atoms with E-state index in [0.717, 1.165) is 16.8 Å². The number of aromatic nitrogens is 1. The van der Waals surface area contributed by atoms with E-state index < -0.39 is 0 Å². The van der Waals surface area contributed by atoms with Crippen LogP contribution in [-0.2, 0) is 6.42 Å². The number of nitrogen functional groups attached to an aromatic ring is 2. The first-order valence-electron chi connectivity index (χ1n) is 7.56. The van der Waals surface area contributed by atoms with Gasteiger partial charge in [-0.2, -0.15) is 0 Å². The second-order valence-corrected chi connectivity index (χ2v) is 5.41. The van der Waals surface area contributed by atoms with Crippen LogP contribution >= 0.6 is 0 Å². The molecule has 0 bridgehead atoms. The summed E-state index contributed by atoms with van der Waals surface area (Å²) in [6, 6.07) is 14.7. The van der Waals surface area contributed by atoms with Crippen molar-refractivity contribution < 1.29 is 9.21 Å². The molecule has 24 heavy (non-hydrogen) atoms. The molecule has 0 aliphatic rings. The highest BCUT2D eigenvalue weighted by atomic mass is 16.3. The average Bonchev–Trinajstić information content (AvgIpc) is 3.07. The molecule has 122 valence electrons. The van der Waals surface area contributed by atoms with Crippen molar-refractivity contribution in [3.05, 3.63) is 66.1 Å². The van der Waals surface area contributed by atoms with Gasteiger partial charge in [0.05, 0.1) is 0 Å². The topological polar surface area (TPSA) is 107 Å². The lowest BCUT2D eigenvalue weighted by Gasteiger charge is -2.03. The Bertz CT molecular complexity index is 840. The summed E-state index contributed by atoms with van der Waals surface area (Å²) >= 11 is 0. The first-order chi connectivity index (χ1) is 11.6. The number of carbonyl (C=O) groups excluding carboxylic acids is 1. The molecule has 0 fully saturated rings. The first kappa shape index (κ1) is 15.6. The Morgan fingerprint density at radius 1 is 1.08 bits per heavy atom. The van der Waals surface area contributed by atoms with Crippen LogP contribution in [0.1, 0.15) is 16.1 Å². The molecule has 3 aromatic rings. The van der Waals surface area contributed by atoms with Crippen LogP contribution in [0.15, 0.2) is 59.2 Å². The minimum Gasteiger partial charge on any atom is -0.444 e. The van der Waals surface area contributed by atoms with Gasteiger partial charge in [0, 0.05) is 23.5 Å². The van der Waals surface area contributed by atoms with Crippen molar-refractivity contribution in [3.8, 4) is 11.5 Å². The van der Waals surface area contributed by atoms with Gasteiger partial charge in [0.15, 0.2) is 5.69 Å². The van der Waals surface area contributed by atoms with Crippen LogP contribution in [0.4, 0.5) is 11.4 Å². The Labute approximate surface area is 139 Å². The summed E-state index contributed by atoms with van der Waals surface area (Å²) in [4.78, 5) is 16.3. The normalized spacial score (nSPS) is 10.5. The number of oxazole rings is 1. The number of nitrogens with two attached hydrogens (primary N) is 2. The minimum atomic E-state index is -0.274. The number of nitrogens with one attached hydrogen (secondary N) is 1. The molecule has 0 aliphatic carbocycles. The molecule has 3 rings (SSSR count). The molecule has 5 N–H and O–H groups in total. The third kappa shape index (κ3) is 3.73. The number of rotatable bonds is 5. The maximum atomic E-state index is 12.1. The van der Waals surface area contributed by atoms with Crippen molar-refractivity contribution in [2.45, 2.75) is 6.42 Å². The molecule has 2 aromatic carbocycles. The van der Waals surface area contributed by atoms with Gasteiger partial charge in [-0.1, -0.05) is 18.2 Å². The monoisotopic (exact) mass is 322 g/mol. The van der Waals surface area contributed by atoms with Gasteiger partial charge in [-0.05, 0) is 42.3 Å². The third-order valence-corrected chi connectivity index (χ3v) is 3.55. The fourth-order valence-corrected chi connectivity index (χ4v) is 2.28. The highest BCUT2D eigenvalue weighted by Gasteiger charge is 2.13. The number of benzene rings is 2. The van der Waals surface area contributed by atoms with E-state index in [2.05, 4.69) is 10.3 Å². The molecular weight excluding hydrogens is 304 g/mol. The SMILES string of the molecule is Nc1ccc(CCNC(=O)c2coc(-c3cccc(N)c3)n2)cc1. The van der Waals surface area contributed by atoms with Crippen molar-refractivity contribution in [2.24, 2.45) is 0 Å². The van der Waals surface area contributed by atoms with Gasteiger partial charge >= 0.3 is 0 Å². The molecule has 6 nitrogen and oxygen atoms in total. The van der Waals surface area contributed by atoms with Crippen molar-refractivity contribution in [2.75, 3.05) is 18.0 Å². The molecule has 1 heterocycles. The highest BCUT2D eigenvalue weighted by Crippen LogP contribution is 2.20. The number of amides is 1. The van der Waals surface area contributed by atoms with Gasteiger partial charge in [0.25, 0.3) is 5.91 Å². The predicted octanol–water partition coefficient (Wildman–Crippen LogP) is 2.48. The van der Waals surface area contributed by atoms with Crippen LogP contribution in [0.25, 0.3) is 11.5 Å². The second kappa shape index (κ2) is 6.87. The molecule has 1 amide bonds. The van der Waals surface area contributed by atoms with E-state index in [1.165, 1.54) is 6.26 Å². The number of hydrogen-bond donors (Lipinski definition) is 3. The molecule has 0 saturated heterocycles. The van der Waals surface area contributed by atoms with Gasteiger partial charge in [-0.15, -0.1) is 0 Å². The third-order valence-electron chi connectivity index (χ3n) is 3.55. The summed E-state index contributed by atoms with van der Waals surface area (Å²) in [5.41, 5.74) is 14.8. The van der Waals surface area contributed by atoms with E-state index in [1.54, 1.807) is 18.2 Å². The lowest BCUT2D eigenvalue weighted by atomic mass is 10.1. The maximum Gasteiger partial charge on any atom is 0.273 e. The summed E-state index contributed by atoms with van der Waals surface area (Å²) in [5, 5.41) is 2.82. The largest absolute Gasteiger partial charge is 0.444 e. The molecular formula is C18H18N4O2. The number of anilines is 2. The van der Waals surface area contributed by atoms with Crippen molar-refractivity contribution in [3.63, 3.8) is 0 Å². The average molecular weight is 322 g/mol. The van der Waals surface area contributed by atoms with E-state index in [4.69, 9.17) is 15.9 Å². The van der Waals surface area contributed by atoms with Crippen molar-refractivity contribution in [1.29, 1.82) is 0 Å². The van der Waals surface area contributed by atoms with Crippen LogP contribution in [-0.4, -0.2) is 17.4 Å². The van der Waals surface area contributed by atoms with Crippen LogP contribution in [0.2, 0.25) is 0 Å². The Hall–Kier alpha value is -3.28.